The van der Waals surface area contributed by atoms with E-state index in [2.05, 4.69) is 19.8 Å². The number of pyridine rings is 1. The molecule has 0 spiro atoms. The first-order valence-electron chi connectivity index (χ1n) is 6.98. The van der Waals surface area contributed by atoms with Gasteiger partial charge in [-0.2, -0.15) is 0 Å². The van der Waals surface area contributed by atoms with Crippen LogP contribution >= 0.6 is 0 Å². The van der Waals surface area contributed by atoms with Gasteiger partial charge in [-0.05, 0) is 13.0 Å². The molecule has 0 atom stereocenters. The van der Waals surface area contributed by atoms with Gasteiger partial charge in [-0.1, -0.05) is 0 Å². The summed E-state index contributed by atoms with van der Waals surface area (Å²) in [7, 11) is 0. The van der Waals surface area contributed by atoms with Crippen molar-refractivity contribution in [2.24, 2.45) is 0 Å². The van der Waals surface area contributed by atoms with Crippen molar-refractivity contribution in [1.29, 1.82) is 0 Å². The molecule has 0 radical (unpaired) electrons. The van der Waals surface area contributed by atoms with Crippen LogP contribution in [0.3, 0.4) is 0 Å². The SMILES string of the molecule is CCOc1ccc(NC(OC(=O)CC(=O)O)OC(=O)CC(=O)O)cn1. The summed E-state index contributed by atoms with van der Waals surface area (Å²) in [6, 6.07) is 2.96. The summed E-state index contributed by atoms with van der Waals surface area (Å²) in [4.78, 5) is 47.7. The average molecular weight is 356 g/mol. The second-order valence-electron chi connectivity index (χ2n) is 4.42. The molecule has 1 rings (SSSR count). The first-order valence-corrected chi connectivity index (χ1v) is 6.98. The Hall–Kier alpha value is -3.37. The number of carbonyl (C=O) groups excluding carboxylic acids is 2. The molecule has 0 bridgehead atoms. The Morgan fingerprint density at radius 3 is 2.04 bits per heavy atom. The summed E-state index contributed by atoms with van der Waals surface area (Å²) in [6.45, 7) is 2.18. The van der Waals surface area contributed by atoms with Gasteiger partial charge in [-0.25, -0.2) is 4.98 Å². The third-order valence-corrected chi connectivity index (χ3v) is 2.38. The lowest BCUT2D eigenvalue weighted by atomic mass is 10.4. The number of hydrogen-bond donors (Lipinski definition) is 3. The van der Waals surface area contributed by atoms with Crippen molar-refractivity contribution in [1.82, 2.24) is 4.98 Å². The molecule has 0 fully saturated rings. The fourth-order valence-electron chi connectivity index (χ4n) is 1.49. The van der Waals surface area contributed by atoms with Gasteiger partial charge in [0, 0.05) is 6.07 Å². The van der Waals surface area contributed by atoms with E-state index >= 15 is 0 Å². The van der Waals surface area contributed by atoms with E-state index in [4.69, 9.17) is 14.9 Å². The van der Waals surface area contributed by atoms with Crippen LogP contribution in [0, 0.1) is 0 Å². The molecule has 0 aliphatic carbocycles. The van der Waals surface area contributed by atoms with Crippen LogP contribution in [-0.4, -0.2) is 52.1 Å². The number of carbonyl (C=O) groups is 4. The Labute approximate surface area is 141 Å². The van der Waals surface area contributed by atoms with Gasteiger partial charge < -0.3 is 29.7 Å². The van der Waals surface area contributed by atoms with Crippen molar-refractivity contribution >= 4 is 29.6 Å². The minimum Gasteiger partial charge on any atom is -0.481 e. The number of nitrogens with zero attached hydrogens (tertiary/aromatic N) is 1. The first-order chi connectivity index (χ1) is 11.8. The lowest BCUT2D eigenvalue weighted by Crippen LogP contribution is -2.33. The molecule has 1 aromatic heterocycles. The zero-order valence-electron chi connectivity index (χ0n) is 13.1. The van der Waals surface area contributed by atoms with Crippen LogP contribution in [0.1, 0.15) is 19.8 Å². The second-order valence-corrected chi connectivity index (χ2v) is 4.42. The normalized spacial score (nSPS) is 10.0. The zero-order valence-corrected chi connectivity index (χ0v) is 13.1. The maximum atomic E-state index is 11.4. The number of esters is 2. The van der Waals surface area contributed by atoms with Gasteiger partial charge in [0.15, 0.2) is 0 Å². The molecule has 0 aliphatic rings. The number of nitrogens with one attached hydrogen (secondary N) is 1. The fourth-order valence-corrected chi connectivity index (χ4v) is 1.49. The number of aromatic nitrogens is 1. The third-order valence-electron chi connectivity index (χ3n) is 2.38. The molecule has 11 heteroatoms. The zero-order chi connectivity index (χ0) is 18.8. The number of carboxylic acids is 2. The highest BCUT2D eigenvalue weighted by Gasteiger charge is 2.22. The predicted octanol–water partition coefficient (Wildman–Crippen LogP) is 0.212. The summed E-state index contributed by atoms with van der Waals surface area (Å²) in [5.74, 6) is -4.93. The highest BCUT2D eigenvalue weighted by atomic mass is 16.7. The third kappa shape index (κ3) is 8.16. The summed E-state index contributed by atoms with van der Waals surface area (Å²) in [5.41, 5.74) is 0.250. The molecule has 0 saturated heterocycles. The molecule has 0 aliphatic heterocycles. The summed E-state index contributed by atoms with van der Waals surface area (Å²) in [5, 5.41) is 19.5. The molecule has 0 amide bonds. The van der Waals surface area contributed by atoms with Crippen LogP contribution in [0.4, 0.5) is 5.69 Å². The summed E-state index contributed by atoms with van der Waals surface area (Å²) in [6.07, 6.45) is -2.36. The van der Waals surface area contributed by atoms with Crippen molar-refractivity contribution in [3.05, 3.63) is 18.3 Å². The minimum absolute atomic E-state index is 0.250. The molecule has 0 aromatic carbocycles. The Morgan fingerprint density at radius 1 is 1.08 bits per heavy atom. The van der Waals surface area contributed by atoms with Crippen molar-refractivity contribution in [2.75, 3.05) is 11.9 Å². The monoisotopic (exact) mass is 356 g/mol. The lowest BCUT2D eigenvalue weighted by molar-refractivity contribution is -0.183. The molecular weight excluding hydrogens is 340 g/mol. The van der Waals surface area contributed by atoms with E-state index in [1.54, 1.807) is 6.92 Å². The van der Waals surface area contributed by atoms with Crippen molar-refractivity contribution in [3.63, 3.8) is 0 Å². The quantitative estimate of drug-likeness (QED) is 0.298. The molecule has 0 saturated carbocycles. The summed E-state index contributed by atoms with van der Waals surface area (Å²) >= 11 is 0. The van der Waals surface area contributed by atoms with Crippen molar-refractivity contribution in [2.45, 2.75) is 26.2 Å². The van der Waals surface area contributed by atoms with E-state index in [0.717, 1.165) is 0 Å². The fraction of sp³-hybridized carbons (Fsp3) is 0.357. The molecule has 25 heavy (non-hydrogen) atoms. The Bertz CT molecular complexity index is 600. The standard InChI is InChI=1S/C14H16N2O9/c1-2-23-9-4-3-8(7-15-9)16-14(24-12(21)5-10(17)18)25-13(22)6-11(19)20/h3-4,7,14,16H,2,5-6H2,1H3,(H,17,18)(H,19,20). The van der Waals surface area contributed by atoms with Gasteiger partial charge in [-0.3, -0.25) is 19.2 Å². The topological polar surface area (TPSA) is 161 Å². The van der Waals surface area contributed by atoms with E-state index < -0.39 is 43.1 Å². The maximum Gasteiger partial charge on any atom is 0.329 e. The predicted molar refractivity (Wildman–Crippen MR) is 79.5 cm³/mol. The molecule has 1 heterocycles. The van der Waals surface area contributed by atoms with Crippen LogP contribution in [0.2, 0.25) is 0 Å². The minimum atomic E-state index is -1.72. The highest BCUT2D eigenvalue weighted by Crippen LogP contribution is 2.14. The molecule has 3 N–H and O–H groups in total. The van der Waals surface area contributed by atoms with Crippen LogP contribution in [0.5, 0.6) is 5.88 Å². The van der Waals surface area contributed by atoms with Gasteiger partial charge in [-0.15, -0.1) is 0 Å². The lowest BCUT2D eigenvalue weighted by Gasteiger charge is -2.19. The molecule has 11 nitrogen and oxygen atoms in total. The number of aliphatic carboxylic acids is 2. The average Bonchev–Trinajstić information content (AvgIpc) is 2.47. The van der Waals surface area contributed by atoms with Gasteiger partial charge in [0.05, 0.1) is 18.5 Å². The molecule has 0 unspecified atom stereocenters. The first kappa shape index (κ1) is 19.7. The van der Waals surface area contributed by atoms with Gasteiger partial charge >= 0.3 is 30.3 Å². The second kappa shape index (κ2) is 9.70. The highest BCUT2D eigenvalue weighted by molar-refractivity contribution is 5.91. The number of rotatable bonds is 10. The number of ether oxygens (including phenoxy) is 3. The Balaban J connectivity index is 2.77. The number of hydrogen-bond acceptors (Lipinski definition) is 9. The van der Waals surface area contributed by atoms with E-state index in [0.29, 0.717) is 12.5 Å². The van der Waals surface area contributed by atoms with Crippen molar-refractivity contribution < 1.29 is 43.6 Å². The van der Waals surface area contributed by atoms with Crippen LogP contribution in [0.25, 0.3) is 0 Å². The van der Waals surface area contributed by atoms with E-state index in [1.165, 1.54) is 18.3 Å². The smallest absolute Gasteiger partial charge is 0.329 e. The number of carboxylic acid groups (broad SMARTS) is 2. The molecule has 1 aromatic rings. The summed E-state index contributed by atoms with van der Waals surface area (Å²) < 4.78 is 14.5. The van der Waals surface area contributed by atoms with E-state index in [1.807, 2.05) is 0 Å². The van der Waals surface area contributed by atoms with E-state index in [9.17, 15) is 19.2 Å². The van der Waals surface area contributed by atoms with Crippen molar-refractivity contribution in [3.8, 4) is 5.88 Å². The number of anilines is 1. The molecule has 136 valence electrons. The largest absolute Gasteiger partial charge is 0.481 e. The van der Waals surface area contributed by atoms with Gasteiger partial charge in [0.25, 0.3) is 0 Å². The van der Waals surface area contributed by atoms with Crippen LogP contribution in [0.15, 0.2) is 18.3 Å². The Morgan fingerprint density at radius 2 is 1.64 bits per heavy atom. The molecular formula is C14H16N2O9. The van der Waals surface area contributed by atoms with Gasteiger partial charge in [0.1, 0.15) is 12.8 Å². The van der Waals surface area contributed by atoms with E-state index in [-0.39, 0.29) is 5.69 Å². The Kier molecular flexibility index (Phi) is 7.63. The maximum absolute atomic E-state index is 11.4. The van der Waals surface area contributed by atoms with Crippen LogP contribution < -0.4 is 10.1 Å². The van der Waals surface area contributed by atoms with Crippen LogP contribution in [-0.2, 0) is 28.7 Å². The van der Waals surface area contributed by atoms with Gasteiger partial charge in [0.2, 0.25) is 5.88 Å².